The van der Waals surface area contributed by atoms with E-state index in [4.69, 9.17) is 4.74 Å². The molecule has 0 spiro atoms. The summed E-state index contributed by atoms with van der Waals surface area (Å²) in [6.45, 7) is 8.72. The molecule has 2 fully saturated rings. The van der Waals surface area contributed by atoms with Crippen molar-refractivity contribution in [3.05, 3.63) is 24.3 Å². The first-order chi connectivity index (χ1) is 12.6. The van der Waals surface area contributed by atoms with Gasteiger partial charge in [0.25, 0.3) is 0 Å². The van der Waals surface area contributed by atoms with Crippen molar-refractivity contribution < 1.29 is 9.53 Å². The number of urea groups is 1. The molecular formula is C19H31N5O2. The molecule has 0 radical (unpaired) electrons. The van der Waals surface area contributed by atoms with E-state index in [-0.39, 0.29) is 6.03 Å². The maximum atomic E-state index is 12.7. The van der Waals surface area contributed by atoms with Crippen molar-refractivity contribution >= 4 is 17.4 Å². The first-order valence-corrected chi connectivity index (χ1v) is 9.48. The second-order valence-corrected chi connectivity index (χ2v) is 7.18. The van der Waals surface area contributed by atoms with Gasteiger partial charge in [-0.15, -0.1) is 0 Å². The van der Waals surface area contributed by atoms with Crippen molar-refractivity contribution in [2.75, 3.05) is 89.9 Å². The van der Waals surface area contributed by atoms with Gasteiger partial charge in [0.1, 0.15) is 0 Å². The fourth-order valence-electron chi connectivity index (χ4n) is 3.37. The minimum absolute atomic E-state index is 0.00188. The van der Waals surface area contributed by atoms with Crippen LogP contribution in [0, 0.1) is 0 Å². The Hall–Kier alpha value is -1.83. The van der Waals surface area contributed by atoms with Crippen LogP contribution in [0.2, 0.25) is 0 Å². The fraction of sp³-hybridized carbons (Fsp3) is 0.632. The molecule has 0 aliphatic carbocycles. The summed E-state index contributed by atoms with van der Waals surface area (Å²) in [7, 11) is 4.19. The number of hydrogen-bond acceptors (Lipinski definition) is 5. The second-order valence-electron chi connectivity index (χ2n) is 7.18. The predicted octanol–water partition coefficient (Wildman–Crippen LogP) is 1.23. The van der Waals surface area contributed by atoms with Gasteiger partial charge in [0.2, 0.25) is 0 Å². The van der Waals surface area contributed by atoms with E-state index >= 15 is 0 Å². The van der Waals surface area contributed by atoms with Crippen LogP contribution in [-0.4, -0.2) is 100 Å². The van der Waals surface area contributed by atoms with Crippen LogP contribution in [0.15, 0.2) is 24.3 Å². The number of anilines is 2. The van der Waals surface area contributed by atoms with Gasteiger partial charge in [-0.3, -0.25) is 4.90 Å². The first-order valence-electron chi connectivity index (χ1n) is 9.48. The summed E-state index contributed by atoms with van der Waals surface area (Å²) >= 11 is 0. The molecule has 144 valence electrons. The highest BCUT2D eigenvalue weighted by Crippen LogP contribution is 2.26. The van der Waals surface area contributed by atoms with Crippen molar-refractivity contribution in [1.82, 2.24) is 14.7 Å². The van der Waals surface area contributed by atoms with Gasteiger partial charge in [0.15, 0.2) is 0 Å². The van der Waals surface area contributed by atoms with E-state index in [2.05, 4.69) is 40.2 Å². The quantitative estimate of drug-likeness (QED) is 0.855. The van der Waals surface area contributed by atoms with Crippen LogP contribution in [0.25, 0.3) is 0 Å². The number of morpholine rings is 1. The molecule has 2 aliphatic rings. The second kappa shape index (κ2) is 9.21. The van der Waals surface area contributed by atoms with E-state index < -0.39 is 0 Å². The summed E-state index contributed by atoms with van der Waals surface area (Å²) in [5, 5.41) is 3.12. The topological polar surface area (TPSA) is 51.3 Å². The summed E-state index contributed by atoms with van der Waals surface area (Å²) in [4.78, 5) is 21.5. The molecule has 2 saturated heterocycles. The summed E-state index contributed by atoms with van der Waals surface area (Å²) in [5.74, 6) is 0. The Morgan fingerprint density at radius 2 is 1.77 bits per heavy atom. The van der Waals surface area contributed by atoms with Crippen LogP contribution in [-0.2, 0) is 4.74 Å². The zero-order valence-corrected chi connectivity index (χ0v) is 16.0. The fourth-order valence-corrected chi connectivity index (χ4v) is 3.37. The van der Waals surface area contributed by atoms with E-state index in [9.17, 15) is 4.79 Å². The normalized spacial score (nSPS) is 19.0. The minimum Gasteiger partial charge on any atom is -0.378 e. The van der Waals surface area contributed by atoms with E-state index in [0.717, 1.165) is 76.9 Å². The third-order valence-electron chi connectivity index (χ3n) is 5.02. The molecular weight excluding hydrogens is 330 g/mol. The Bertz CT molecular complexity index is 581. The van der Waals surface area contributed by atoms with Crippen molar-refractivity contribution in [3.63, 3.8) is 0 Å². The van der Waals surface area contributed by atoms with Gasteiger partial charge in [-0.1, -0.05) is 12.1 Å². The standard InChI is InChI=1S/C19H31N5O2/c1-21(2)7-8-22-9-11-24(12-10-22)19(25)20-17-5-3-4-6-18(17)23-13-15-26-16-14-23/h3-6H,7-16H2,1-2H3,(H,20,25). The average molecular weight is 361 g/mol. The monoisotopic (exact) mass is 361 g/mol. The molecule has 0 aromatic heterocycles. The molecule has 3 rings (SSSR count). The summed E-state index contributed by atoms with van der Waals surface area (Å²) in [6, 6.07) is 8.04. The summed E-state index contributed by atoms with van der Waals surface area (Å²) in [6.07, 6.45) is 0. The number of benzene rings is 1. The van der Waals surface area contributed by atoms with Crippen LogP contribution < -0.4 is 10.2 Å². The van der Waals surface area contributed by atoms with E-state index in [0.29, 0.717) is 0 Å². The smallest absolute Gasteiger partial charge is 0.321 e. The molecule has 2 amide bonds. The Kier molecular flexibility index (Phi) is 6.71. The van der Waals surface area contributed by atoms with Gasteiger partial charge < -0.3 is 24.8 Å². The summed E-state index contributed by atoms with van der Waals surface area (Å²) < 4.78 is 5.44. The lowest BCUT2D eigenvalue weighted by atomic mass is 10.2. The zero-order chi connectivity index (χ0) is 18.4. The molecule has 0 bridgehead atoms. The lowest BCUT2D eigenvalue weighted by molar-refractivity contribution is 0.123. The van der Waals surface area contributed by atoms with E-state index in [1.165, 1.54) is 0 Å². The van der Waals surface area contributed by atoms with Crippen molar-refractivity contribution in [2.24, 2.45) is 0 Å². The third-order valence-corrected chi connectivity index (χ3v) is 5.02. The van der Waals surface area contributed by atoms with Crippen LogP contribution in [0.1, 0.15) is 0 Å². The molecule has 0 saturated carbocycles. The number of amides is 2. The SMILES string of the molecule is CN(C)CCN1CCN(C(=O)Nc2ccccc2N2CCOCC2)CC1. The molecule has 0 atom stereocenters. The van der Waals surface area contributed by atoms with Gasteiger partial charge in [0, 0.05) is 52.4 Å². The predicted molar refractivity (Wildman–Crippen MR) is 105 cm³/mol. The number of ether oxygens (including phenoxy) is 1. The Labute approximate surface area is 156 Å². The number of nitrogens with one attached hydrogen (secondary N) is 1. The molecule has 2 heterocycles. The van der Waals surface area contributed by atoms with Crippen LogP contribution in [0.3, 0.4) is 0 Å². The van der Waals surface area contributed by atoms with Gasteiger partial charge in [-0.25, -0.2) is 4.79 Å². The molecule has 7 heteroatoms. The van der Waals surface area contributed by atoms with Gasteiger partial charge in [-0.05, 0) is 26.2 Å². The highest BCUT2D eigenvalue weighted by atomic mass is 16.5. The Morgan fingerprint density at radius 1 is 1.08 bits per heavy atom. The molecule has 1 aromatic carbocycles. The highest BCUT2D eigenvalue weighted by Gasteiger charge is 2.22. The summed E-state index contributed by atoms with van der Waals surface area (Å²) in [5.41, 5.74) is 1.96. The number of piperazine rings is 1. The number of hydrogen-bond donors (Lipinski definition) is 1. The lowest BCUT2D eigenvalue weighted by Gasteiger charge is -2.35. The van der Waals surface area contributed by atoms with E-state index in [1.54, 1.807) is 0 Å². The number of carbonyl (C=O) groups excluding carboxylic acids is 1. The number of para-hydroxylation sites is 2. The zero-order valence-electron chi connectivity index (χ0n) is 16.0. The molecule has 7 nitrogen and oxygen atoms in total. The number of carbonyl (C=O) groups is 1. The average Bonchev–Trinajstić information content (AvgIpc) is 2.68. The number of nitrogens with zero attached hydrogens (tertiary/aromatic N) is 4. The first kappa shape index (κ1) is 18.9. The maximum Gasteiger partial charge on any atom is 0.321 e. The minimum atomic E-state index is -0.00188. The maximum absolute atomic E-state index is 12.7. The van der Waals surface area contributed by atoms with Crippen molar-refractivity contribution in [2.45, 2.75) is 0 Å². The molecule has 26 heavy (non-hydrogen) atoms. The lowest BCUT2D eigenvalue weighted by Crippen LogP contribution is -2.51. The van der Waals surface area contributed by atoms with Gasteiger partial charge in [-0.2, -0.15) is 0 Å². The van der Waals surface area contributed by atoms with Crippen molar-refractivity contribution in [3.8, 4) is 0 Å². The molecule has 1 N–H and O–H groups in total. The molecule has 1 aromatic rings. The molecule has 0 unspecified atom stereocenters. The van der Waals surface area contributed by atoms with Crippen LogP contribution in [0.4, 0.5) is 16.2 Å². The third kappa shape index (κ3) is 5.09. The largest absolute Gasteiger partial charge is 0.378 e. The van der Waals surface area contributed by atoms with Crippen LogP contribution in [0.5, 0.6) is 0 Å². The molecule has 2 aliphatic heterocycles. The Morgan fingerprint density at radius 3 is 2.46 bits per heavy atom. The van der Waals surface area contributed by atoms with Crippen molar-refractivity contribution in [1.29, 1.82) is 0 Å². The van der Waals surface area contributed by atoms with Gasteiger partial charge >= 0.3 is 6.03 Å². The van der Waals surface area contributed by atoms with Crippen LogP contribution >= 0.6 is 0 Å². The Balaban J connectivity index is 1.54. The highest BCUT2D eigenvalue weighted by molar-refractivity contribution is 5.93. The van der Waals surface area contributed by atoms with E-state index in [1.807, 2.05) is 23.1 Å². The number of rotatable bonds is 5. The number of likely N-dealkylation sites (N-methyl/N-ethyl adjacent to an activating group) is 1. The van der Waals surface area contributed by atoms with Gasteiger partial charge in [0.05, 0.1) is 24.6 Å².